The maximum absolute atomic E-state index is 13.2. The molecule has 3 aliphatic rings. The topological polar surface area (TPSA) is 222 Å². The van der Waals surface area contributed by atoms with Crippen LogP contribution in [-0.4, -0.2) is 104 Å². The van der Waals surface area contributed by atoms with E-state index < -0.39 is 61.5 Å². The molecule has 296 valence electrons. The molecule has 15 nitrogen and oxygen atoms in total. The Bertz CT molecular complexity index is 1650. The standard InChI is InChI=1S/C35H54Cl2N8O7S.Na/c1-6-44(14-8-11-30(47)48)23-12-13-28(29(18-23)39-20(2)46)41-42-33-25(19-38)32(35(3,4)5)43-45(33)31-26(36)16-22(17-27(31)37)40-34(49)21-9-7-10-24(15-21)53(50,51)52;/h21-24,26-29,31H,6-18H2,1-5H3,(H,39,46)(H,40,49)(H,47,48)(H,50,51,52);/q;+1/p-1. The van der Waals surface area contributed by atoms with Gasteiger partial charge in [-0.1, -0.05) is 34.1 Å². The summed E-state index contributed by atoms with van der Waals surface area (Å²) in [5, 5.41) is 37.4. The summed E-state index contributed by atoms with van der Waals surface area (Å²) in [5.74, 6) is -1.75. The van der Waals surface area contributed by atoms with Crippen molar-refractivity contribution in [3.8, 4) is 6.07 Å². The summed E-state index contributed by atoms with van der Waals surface area (Å²) >= 11 is 14.1. The predicted molar refractivity (Wildman–Crippen MR) is 198 cm³/mol. The van der Waals surface area contributed by atoms with E-state index in [0.29, 0.717) is 57.2 Å². The van der Waals surface area contributed by atoms with Gasteiger partial charge < -0.3 is 25.2 Å². The molecule has 7 unspecified atom stereocenters. The van der Waals surface area contributed by atoms with E-state index in [1.165, 1.54) is 6.92 Å². The minimum atomic E-state index is -4.49. The van der Waals surface area contributed by atoms with E-state index in [0.717, 1.165) is 13.0 Å². The van der Waals surface area contributed by atoms with Crippen molar-refractivity contribution in [3.63, 3.8) is 0 Å². The van der Waals surface area contributed by atoms with Gasteiger partial charge in [-0.2, -0.15) is 15.5 Å². The number of nitrogens with zero attached hydrogens (tertiary/aromatic N) is 6. The van der Waals surface area contributed by atoms with E-state index in [9.17, 15) is 32.6 Å². The minimum absolute atomic E-state index is 0. The van der Waals surface area contributed by atoms with Gasteiger partial charge in [0.1, 0.15) is 11.6 Å². The maximum atomic E-state index is 13.2. The molecule has 0 aromatic carbocycles. The predicted octanol–water partition coefficient (Wildman–Crippen LogP) is 1.89. The van der Waals surface area contributed by atoms with Crippen LogP contribution in [0.5, 0.6) is 0 Å². The van der Waals surface area contributed by atoms with Crippen LogP contribution in [0.3, 0.4) is 0 Å². The van der Waals surface area contributed by atoms with E-state index in [2.05, 4.69) is 26.7 Å². The van der Waals surface area contributed by atoms with Crippen LogP contribution < -0.4 is 40.2 Å². The molecule has 3 aliphatic carbocycles. The zero-order valence-electron chi connectivity index (χ0n) is 32.1. The molecular weight excluding hydrogens is 770 g/mol. The first-order valence-electron chi connectivity index (χ1n) is 18.5. The second kappa shape index (κ2) is 20.0. The third-order valence-electron chi connectivity index (χ3n) is 10.7. The second-order valence-electron chi connectivity index (χ2n) is 15.7. The number of halogens is 2. The van der Waals surface area contributed by atoms with E-state index >= 15 is 0 Å². The molecule has 1 aromatic heterocycles. The van der Waals surface area contributed by atoms with Crippen molar-refractivity contribution in [2.45, 2.75) is 157 Å². The minimum Gasteiger partial charge on any atom is -0.748 e. The number of amides is 2. The van der Waals surface area contributed by atoms with Crippen molar-refractivity contribution in [1.29, 1.82) is 5.26 Å². The van der Waals surface area contributed by atoms with Gasteiger partial charge in [-0.3, -0.25) is 14.4 Å². The second-order valence-corrected chi connectivity index (χ2v) is 18.5. The molecule has 1 aromatic rings. The monoisotopic (exact) mass is 822 g/mol. The van der Waals surface area contributed by atoms with Gasteiger partial charge in [0, 0.05) is 36.8 Å². The van der Waals surface area contributed by atoms with Gasteiger partial charge >= 0.3 is 35.5 Å². The Morgan fingerprint density at radius 2 is 1.76 bits per heavy atom. The van der Waals surface area contributed by atoms with Crippen LogP contribution in [0.25, 0.3) is 0 Å². The number of nitrogens with one attached hydrogen (secondary N) is 2. The van der Waals surface area contributed by atoms with E-state index in [4.69, 9.17) is 38.5 Å². The molecule has 3 N–H and O–H groups in total. The average Bonchev–Trinajstić information content (AvgIpc) is 3.43. The molecule has 19 heteroatoms. The molecule has 4 rings (SSSR count). The van der Waals surface area contributed by atoms with Crippen LogP contribution in [0.15, 0.2) is 10.2 Å². The normalized spacial score (nSPS) is 29.3. The Kier molecular flexibility index (Phi) is 17.3. The SMILES string of the molecule is CCN(CCCC(=O)O)C1CCC(N=Nc2c(C#N)c(C(C)(C)C)nn2C2C(Cl)CC(NC(=O)C3CCCC(S(=O)(=O)[O-])C3)CC2Cl)C(NC(C)=O)C1.[Na+]. The van der Waals surface area contributed by atoms with Crippen LogP contribution >= 0.6 is 23.2 Å². The van der Waals surface area contributed by atoms with E-state index in [1.807, 2.05) is 27.7 Å². The Morgan fingerprint density at radius 3 is 2.31 bits per heavy atom. The Balaban J connectivity index is 0.00000784. The third-order valence-corrected chi connectivity index (χ3v) is 12.9. The Labute approximate surface area is 350 Å². The van der Waals surface area contributed by atoms with Crippen molar-refractivity contribution in [3.05, 3.63) is 11.3 Å². The summed E-state index contributed by atoms with van der Waals surface area (Å²) in [7, 11) is -4.49. The third kappa shape index (κ3) is 12.1. The maximum Gasteiger partial charge on any atom is 1.00 e. The number of carboxylic acids is 1. The van der Waals surface area contributed by atoms with E-state index in [-0.39, 0.29) is 84.1 Å². The molecule has 1 heterocycles. The fourth-order valence-corrected chi connectivity index (χ4v) is 10.1. The molecule has 2 amide bonds. The molecule has 0 aliphatic heterocycles. The largest absolute Gasteiger partial charge is 1.00 e. The molecule has 0 bridgehead atoms. The summed E-state index contributed by atoms with van der Waals surface area (Å²) in [4.78, 5) is 38.8. The van der Waals surface area contributed by atoms with Crippen molar-refractivity contribution in [2.24, 2.45) is 16.1 Å². The number of hydrogen-bond acceptors (Lipinski definition) is 11. The van der Waals surface area contributed by atoms with Crippen LogP contribution in [0.4, 0.5) is 5.82 Å². The van der Waals surface area contributed by atoms with E-state index in [1.54, 1.807) is 4.68 Å². The first-order chi connectivity index (χ1) is 24.8. The Morgan fingerprint density at radius 1 is 1.09 bits per heavy atom. The molecular formula is C35H53Cl2N8NaO7S. The summed E-state index contributed by atoms with van der Waals surface area (Å²) in [6.07, 6.45) is 4.40. The van der Waals surface area contributed by atoms with Crippen molar-refractivity contribution in [2.75, 3.05) is 13.1 Å². The number of azo groups is 1. The van der Waals surface area contributed by atoms with Gasteiger partial charge in [0.2, 0.25) is 11.8 Å². The number of carbonyl (C=O) groups is 3. The van der Waals surface area contributed by atoms with Crippen molar-refractivity contribution in [1.82, 2.24) is 25.3 Å². The first-order valence-corrected chi connectivity index (χ1v) is 20.9. The number of aliphatic carboxylic acids is 1. The van der Waals surface area contributed by atoms with Gasteiger partial charge in [-0.25, -0.2) is 13.1 Å². The number of nitriles is 1. The van der Waals surface area contributed by atoms with Crippen LogP contribution in [0, 0.1) is 17.2 Å². The van der Waals surface area contributed by atoms with Crippen LogP contribution in [0.2, 0.25) is 0 Å². The van der Waals surface area contributed by atoms with Gasteiger partial charge in [0.05, 0.1) is 49.9 Å². The molecule has 0 spiro atoms. The number of carbonyl (C=O) groups excluding carboxylic acids is 2. The average molecular weight is 824 g/mol. The molecule has 54 heavy (non-hydrogen) atoms. The summed E-state index contributed by atoms with van der Waals surface area (Å²) in [6.45, 7) is 10.6. The summed E-state index contributed by atoms with van der Waals surface area (Å²) < 4.78 is 36.5. The van der Waals surface area contributed by atoms with Gasteiger partial charge in [-0.15, -0.1) is 28.3 Å². The smallest absolute Gasteiger partial charge is 0.748 e. The Hall–Kier alpha value is -1.84. The zero-order valence-corrected chi connectivity index (χ0v) is 36.5. The fourth-order valence-electron chi connectivity index (χ4n) is 8.07. The van der Waals surface area contributed by atoms with Crippen LogP contribution in [-0.2, 0) is 29.9 Å². The molecule has 0 saturated heterocycles. The van der Waals surface area contributed by atoms with Crippen LogP contribution in [0.1, 0.15) is 123 Å². The number of rotatable bonds is 13. The fraction of sp³-hybridized carbons (Fsp3) is 0.800. The molecule has 0 radical (unpaired) electrons. The number of carboxylic acid groups (broad SMARTS) is 1. The molecule has 7 atom stereocenters. The van der Waals surface area contributed by atoms with Gasteiger partial charge in [-0.05, 0) is 70.9 Å². The molecule has 3 saturated carbocycles. The zero-order chi connectivity index (χ0) is 39.2. The van der Waals surface area contributed by atoms with Crippen molar-refractivity contribution < 1.29 is 62.0 Å². The summed E-state index contributed by atoms with van der Waals surface area (Å²) in [6, 6.07) is 0.605. The number of hydrogen-bond donors (Lipinski definition) is 3. The van der Waals surface area contributed by atoms with Gasteiger partial charge in [0.15, 0.2) is 5.82 Å². The van der Waals surface area contributed by atoms with Gasteiger partial charge in [0.25, 0.3) is 0 Å². The summed E-state index contributed by atoms with van der Waals surface area (Å²) in [5.41, 5.74) is 0.190. The van der Waals surface area contributed by atoms with Crippen molar-refractivity contribution >= 4 is 56.9 Å². The quantitative estimate of drug-likeness (QED) is 0.113. The number of alkyl halides is 2. The first kappa shape index (κ1) is 46.5. The number of aromatic nitrogens is 2. The molecule has 3 fully saturated rings.